The third kappa shape index (κ3) is 3.64. The molecule has 2 aromatic carbocycles. The molecule has 0 fully saturated rings. The fraction of sp³-hybridized carbons (Fsp3) is 0.235. The van der Waals surface area contributed by atoms with Gasteiger partial charge in [0, 0.05) is 29.6 Å². The summed E-state index contributed by atoms with van der Waals surface area (Å²) in [7, 11) is 1.69. The molecule has 0 bridgehead atoms. The van der Waals surface area contributed by atoms with E-state index in [0.717, 1.165) is 10.5 Å². The normalized spacial score (nSPS) is 10.5. The van der Waals surface area contributed by atoms with Crippen molar-refractivity contribution >= 4 is 17.7 Å². The summed E-state index contributed by atoms with van der Waals surface area (Å²) in [4.78, 5) is 15.1. The largest absolute Gasteiger partial charge is 0.337 e. The second kappa shape index (κ2) is 6.76. The highest BCUT2D eigenvalue weighted by Gasteiger charge is 2.16. The molecule has 0 radical (unpaired) electrons. The number of halogens is 1. The van der Waals surface area contributed by atoms with Crippen molar-refractivity contribution in [3.8, 4) is 0 Å². The summed E-state index contributed by atoms with van der Waals surface area (Å²) >= 11 is 1.60. The van der Waals surface area contributed by atoms with Crippen molar-refractivity contribution in [1.29, 1.82) is 0 Å². The number of carbonyl (C=O) groups excluding carboxylic acids is 1. The number of rotatable bonds is 4. The molecule has 110 valence electrons. The maximum atomic E-state index is 13.7. The first-order chi connectivity index (χ1) is 10.0. The lowest BCUT2D eigenvalue weighted by molar-refractivity contribution is 0.0783. The molecule has 4 heteroatoms. The molecule has 0 saturated carbocycles. The second-order valence-electron chi connectivity index (χ2n) is 4.93. The van der Waals surface area contributed by atoms with Crippen LogP contribution in [-0.2, 0) is 6.54 Å². The third-order valence-corrected chi connectivity index (χ3v) is 4.11. The second-order valence-corrected chi connectivity index (χ2v) is 5.81. The highest BCUT2D eigenvalue weighted by Crippen LogP contribution is 2.21. The molecule has 2 rings (SSSR count). The van der Waals surface area contributed by atoms with Crippen LogP contribution in [-0.4, -0.2) is 24.1 Å². The van der Waals surface area contributed by atoms with Crippen LogP contribution in [0.2, 0.25) is 0 Å². The zero-order valence-corrected chi connectivity index (χ0v) is 13.2. The highest BCUT2D eigenvalue weighted by atomic mass is 32.2. The quantitative estimate of drug-likeness (QED) is 0.792. The van der Waals surface area contributed by atoms with Crippen molar-refractivity contribution in [2.45, 2.75) is 18.4 Å². The Labute approximate surface area is 129 Å². The van der Waals surface area contributed by atoms with E-state index < -0.39 is 0 Å². The fourth-order valence-electron chi connectivity index (χ4n) is 2.12. The first-order valence-electron chi connectivity index (χ1n) is 6.66. The molecule has 0 N–H and O–H groups in total. The Kier molecular flexibility index (Phi) is 5.02. The average Bonchev–Trinajstić information content (AvgIpc) is 2.49. The van der Waals surface area contributed by atoms with Gasteiger partial charge in [-0.2, -0.15) is 0 Å². The van der Waals surface area contributed by atoms with E-state index in [1.54, 1.807) is 41.9 Å². The van der Waals surface area contributed by atoms with Crippen LogP contribution in [0.3, 0.4) is 0 Å². The maximum Gasteiger partial charge on any atom is 0.254 e. The average molecular weight is 303 g/mol. The zero-order valence-electron chi connectivity index (χ0n) is 12.4. The molecule has 21 heavy (non-hydrogen) atoms. The molecular weight excluding hydrogens is 285 g/mol. The summed E-state index contributed by atoms with van der Waals surface area (Å²) < 4.78 is 13.7. The topological polar surface area (TPSA) is 20.3 Å². The number of aryl methyl sites for hydroxylation is 1. The van der Waals surface area contributed by atoms with Crippen LogP contribution in [0, 0.1) is 12.7 Å². The molecule has 0 saturated heterocycles. The number of benzene rings is 2. The predicted octanol–water partition coefficient (Wildman–Crippen LogP) is 4.13. The Balaban J connectivity index is 2.22. The molecule has 0 aliphatic carbocycles. The van der Waals surface area contributed by atoms with E-state index in [1.165, 1.54) is 6.07 Å². The summed E-state index contributed by atoms with van der Waals surface area (Å²) in [5.41, 5.74) is 2.12. The van der Waals surface area contributed by atoms with Gasteiger partial charge in [-0.05, 0) is 36.9 Å². The highest BCUT2D eigenvalue weighted by molar-refractivity contribution is 7.98. The number of hydrogen-bond acceptors (Lipinski definition) is 2. The number of thioether (sulfide) groups is 1. The Morgan fingerprint density at radius 1 is 1.24 bits per heavy atom. The third-order valence-electron chi connectivity index (χ3n) is 3.39. The number of hydrogen-bond donors (Lipinski definition) is 0. The van der Waals surface area contributed by atoms with Gasteiger partial charge >= 0.3 is 0 Å². The minimum absolute atomic E-state index is 0.0911. The summed E-state index contributed by atoms with van der Waals surface area (Å²) in [6.45, 7) is 2.17. The summed E-state index contributed by atoms with van der Waals surface area (Å²) in [6.07, 6.45) is 1.97. The maximum absolute atomic E-state index is 13.7. The molecule has 1 amide bonds. The van der Waals surface area contributed by atoms with Crippen LogP contribution >= 0.6 is 11.8 Å². The minimum atomic E-state index is -0.285. The van der Waals surface area contributed by atoms with Crippen LogP contribution in [0.4, 0.5) is 4.39 Å². The molecule has 0 aliphatic heterocycles. The lowest BCUT2D eigenvalue weighted by Gasteiger charge is -2.19. The van der Waals surface area contributed by atoms with Crippen LogP contribution in [0.1, 0.15) is 21.5 Å². The zero-order chi connectivity index (χ0) is 15.4. The van der Waals surface area contributed by atoms with Crippen LogP contribution < -0.4 is 0 Å². The van der Waals surface area contributed by atoms with Crippen LogP contribution in [0.5, 0.6) is 0 Å². The Morgan fingerprint density at radius 2 is 1.95 bits per heavy atom. The van der Waals surface area contributed by atoms with Gasteiger partial charge in [-0.15, -0.1) is 11.8 Å². The number of nitrogens with zero attached hydrogens (tertiary/aromatic N) is 1. The van der Waals surface area contributed by atoms with Crippen molar-refractivity contribution in [1.82, 2.24) is 4.90 Å². The van der Waals surface area contributed by atoms with E-state index in [0.29, 0.717) is 11.1 Å². The van der Waals surface area contributed by atoms with Crippen molar-refractivity contribution in [2.24, 2.45) is 0 Å². The molecule has 0 atom stereocenters. The molecule has 0 spiro atoms. The van der Waals surface area contributed by atoms with E-state index in [4.69, 9.17) is 0 Å². The van der Waals surface area contributed by atoms with E-state index in [2.05, 4.69) is 0 Å². The molecule has 0 aliphatic rings. The molecule has 2 nitrogen and oxygen atoms in total. The Hall–Kier alpha value is -1.81. The van der Waals surface area contributed by atoms with E-state index >= 15 is 0 Å². The summed E-state index contributed by atoms with van der Waals surface area (Å²) in [5, 5.41) is 0. The molecule has 0 aromatic heterocycles. The van der Waals surface area contributed by atoms with Crippen molar-refractivity contribution in [2.75, 3.05) is 13.3 Å². The van der Waals surface area contributed by atoms with Gasteiger partial charge in [-0.25, -0.2) is 4.39 Å². The van der Waals surface area contributed by atoms with Crippen LogP contribution in [0.15, 0.2) is 47.4 Å². The van der Waals surface area contributed by atoms with Gasteiger partial charge in [-0.3, -0.25) is 4.79 Å². The smallest absolute Gasteiger partial charge is 0.254 e. The summed E-state index contributed by atoms with van der Waals surface area (Å²) in [5.74, 6) is -0.376. The van der Waals surface area contributed by atoms with Gasteiger partial charge in [0.05, 0.1) is 0 Å². The minimum Gasteiger partial charge on any atom is -0.337 e. The Morgan fingerprint density at radius 3 is 2.62 bits per heavy atom. The van der Waals surface area contributed by atoms with E-state index in [9.17, 15) is 9.18 Å². The van der Waals surface area contributed by atoms with Gasteiger partial charge in [0.25, 0.3) is 5.91 Å². The first kappa shape index (κ1) is 15.6. The van der Waals surface area contributed by atoms with E-state index in [-0.39, 0.29) is 18.3 Å². The number of carbonyl (C=O) groups is 1. The molecule has 0 unspecified atom stereocenters. The van der Waals surface area contributed by atoms with Crippen molar-refractivity contribution in [3.63, 3.8) is 0 Å². The van der Waals surface area contributed by atoms with Gasteiger partial charge < -0.3 is 4.90 Å². The van der Waals surface area contributed by atoms with E-state index in [1.807, 2.05) is 31.4 Å². The Bertz CT molecular complexity index is 657. The standard InChI is InChI=1S/C17H18FNOS/c1-12-8-9-14(21-3)10-15(12)17(20)19(2)11-13-6-4-5-7-16(13)18/h4-10H,11H2,1-3H3. The predicted molar refractivity (Wildman–Crippen MR) is 85.2 cm³/mol. The molecular formula is C17H18FNOS. The fourth-order valence-corrected chi connectivity index (χ4v) is 2.56. The lowest BCUT2D eigenvalue weighted by Crippen LogP contribution is -2.27. The number of amides is 1. The monoisotopic (exact) mass is 303 g/mol. The molecule has 2 aromatic rings. The molecule has 0 heterocycles. The van der Waals surface area contributed by atoms with Crippen molar-refractivity contribution < 1.29 is 9.18 Å². The van der Waals surface area contributed by atoms with Gasteiger partial charge in [0.15, 0.2) is 0 Å². The van der Waals surface area contributed by atoms with Gasteiger partial charge in [0.2, 0.25) is 0 Å². The van der Waals surface area contributed by atoms with Gasteiger partial charge in [-0.1, -0.05) is 24.3 Å². The first-order valence-corrected chi connectivity index (χ1v) is 7.89. The summed E-state index contributed by atoms with van der Waals surface area (Å²) in [6, 6.07) is 12.4. The van der Waals surface area contributed by atoms with Crippen LogP contribution in [0.25, 0.3) is 0 Å². The van der Waals surface area contributed by atoms with Crippen molar-refractivity contribution in [3.05, 3.63) is 65.0 Å². The SMILES string of the molecule is CSc1ccc(C)c(C(=O)N(C)Cc2ccccc2F)c1. The lowest BCUT2D eigenvalue weighted by atomic mass is 10.1. The van der Waals surface area contributed by atoms with Gasteiger partial charge in [0.1, 0.15) is 5.82 Å².